The third-order valence-corrected chi connectivity index (χ3v) is 5.61. The van der Waals surface area contributed by atoms with Crippen LogP contribution in [-0.4, -0.2) is 40.4 Å². The molecule has 8 nitrogen and oxygen atoms in total. The molecule has 2 heterocycles. The van der Waals surface area contributed by atoms with Crippen LogP contribution in [0.3, 0.4) is 0 Å². The summed E-state index contributed by atoms with van der Waals surface area (Å²) in [6, 6.07) is 12.1. The summed E-state index contributed by atoms with van der Waals surface area (Å²) in [4.78, 5) is 25.5. The normalized spacial score (nSPS) is 11.3. The number of carbonyl (C=O) groups excluding carboxylic acids is 1. The van der Waals surface area contributed by atoms with E-state index in [1.54, 1.807) is 31.4 Å². The molecule has 0 aliphatic carbocycles. The van der Waals surface area contributed by atoms with E-state index in [0.29, 0.717) is 17.2 Å². The summed E-state index contributed by atoms with van der Waals surface area (Å²) < 4.78 is 61.5. The molecule has 0 bridgehead atoms. The van der Waals surface area contributed by atoms with Crippen LogP contribution in [0.5, 0.6) is 17.4 Å². The number of nitrogens with one attached hydrogen (secondary N) is 2. The Morgan fingerprint density at radius 3 is 2.54 bits per heavy atom. The molecule has 2 aromatic heterocycles. The second-order valence-electron chi connectivity index (χ2n) is 7.68. The van der Waals surface area contributed by atoms with E-state index < -0.39 is 24.2 Å². The fourth-order valence-electron chi connectivity index (χ4n) is 3.20. The van der Waals surface area contributed by atoms with E-state index in [-0.39, 0.29) is 32.9 Å². The van der Waals surface area contributed by atoms with Crippen molar-refractivity contribution in [2.24, 2.45) is 0 Å². The third-order valence-electron chi connectivity index (χ3n) is 5.01. The fraction of sp³-hybridized carbons (Fsp3) is 0.120. The van der Waals surface area contributed by atoms with Gasteiger partial charge in [-0.05, 0) is 42.5 Å². The van der Waals surface area contributed by atoms with Gasteiger partial charge >= 0.3 is 12.5 Å². The molecule has 39 heavy (non-hydrogen) atoms. The van der Waals surface area contributed by atoms with Crippen LogP contribution in [0.4, 0.5) is 29.2 Å². The molecule has 0 spiro atoms. The van der Waals surface area contributed by atoms with Crippen molar-refractivity contribution in [2.45, 2.75) is 12.5 Å². The number of rotatable bonds is 9. The molecule has 14 heteroatoms. The van der Waals surface area contributed by atoms with Crippen molar-refractivity contribution in [3.05, 3.63) is 82.6 Å². The Bertz CT molecular complexity index is 1510. The molecular weight excluding hydrogens is 565 g/mol. The number of nitrogens with zero attached hydrogens (tertiary/aromatic N) is 3. The lowest BCUT2D eigenvalue weighted by Crippen LogP contribution is -2.33. The van der Waals surface area contributed by atoms with E-state index in [0.717, 1.165) is 12.1 Å². The van der Waals surface area contributed by atoms with Crippen LogP contribution in [-0.2, 0) is 0 Å². The van der Waals surface area contributed by atoms with Crippen LogP contribution < -0.4 is 20.1 Å². The highest BCUT2D eigenvalue weighted by molar-refractivity contribution is 6.37. The number of benzene rings is 2. The molecule has 4 aromatic rings. The molecule has 0 aliphatic heterocycles. The number of amides is 1. The largest absolute Gasteiger partial charge is 0.461 e. The Balaban J connectivity index is 1.59. The Morgan fingerprint density at radius 2 is 1.79 bits per heavy atom. The summed E-state index contributed by atoms with van der Waals surface area (Å²) >= 11 is 12.6. The molecule has 0 atom stereocenters. The van der Waals surface area contributed by atoms with E-state index in [1.165, 1.54) is 30.5 Å². The standard InChI is InChI=1S/C25H17Cl2F4N5O3/c1-32-24-34-9-7-18(36-24)15-6-3-8-33-22(15)38-20-12-19(16(26)11-17(20)27)35-21(37)13-4-2-5-14(10-13)39-25(30,31)23(28)29/h2-12,23H,1H3,(H,35,37)(H,32,34,36). The van der Waals surface area contributed by atoms with E-state index in [9.17, 15) is 22.4 Å². The average Bonchev–Trinajstić information content (AvgIpc) is 2.91. The molecule has 4 rings (SSSR count). The summed E-state index contributed by atoms with van der Waals surface area (Å²) in [6.07, 6.45) is -5.73. The maximum absolute atomic E-state index is 13.3. The molecule has 0 fully saturated rings. The van der Waals surface area contributed by atoms with Crippen LogP contribution in [0, 0.1) is 0 Å². The summed E-state index contributed by atoms with van der Waals surface area (Å²) in [5, 5.41) is 5.48. The zero-order valence-electron chi connectivity index (χ0n) is 19.8. The zero-order chi connectivity index (χ0) is 28.2. The van der Waals surface area contributed by atoms with Crippen molar-refractivity contribution in [1.82, 2.24) is 15.0 Å². The molecule has 202 valence electrons. The number of anilines is 2. The molecular formula is C25H17Cl2F4N5O3. The van der Waals surface area contributed by atoms with Crippen molar-refractivity contribution in [3.8, 4) is 28.6 Å². The van der Waals surface area contributed by atoms with Gasteiger partial charge in [-0.2, -0.15) is 17.6 Å². The number of halogens is 6. The molecule has 2 N–H and O–H groups in total. The van der Waals surface area contributed by atoms with Gasteiger partial charge in [-0.3, -0.25) is 4.79 Å². The predicted molar refractivity (Wildman–Crippen MR) is 137 cm³/mol. The second kappa shape index (κ2) is 11.7. The van der Waals surface area contributed by atoms with Crippen LogP contribution in [0.15, 0.2) is 67.0 Å². The van der Waals surface area contributed by atoms with Crippen LogP contribution >= 0.6 is 23.2 Å². The van der Waals surface area contributed by atoms with Gasteiger partial charge in [0.1, 0.15) is 11.5 Å². The Labute approximate surface area is 228 Å². The molecule has 0 aliphatic rings. The quantitative estimate of drug-likeness (QED) is 0.202. The lowest BCUT2D eigenvalue weighted by Gasteiger charge is -2.17. The Morgan fingerprint density at radius 1 is 1.00 bits per heavy atom. The third kappa shape index (κ3) is 6.65. The first-order valence-electron chi connectivity index (χ1n) is 11.0. The minimum atomic E-state index is -4.73. The van der Waals surface area contributed by atoms with Gasteiger partial charge in [-0.25, -0.2) is 15.0 Å². The van der Waals surface area contributed by atoms with Crippen molar-refractivity contribution < 1.29 is 31.8 Å². The van der Waals surface area contributed by atoms with Gasteiger partial charge in [0.15, 0.2) is 0 Å². The van der Waals surface area contributed by atoms with Gasteiger partial charge in [-0.1, -0.05) is 29.3 Å². The molecule has 0 saturated carbocycles. The van der Waals surface area contributed by atoms with Crippen LogP contribution in [0.2, 0.25) is 10.0 Å². The van der Waals surface area contributed by atoms with E-state index >= 15 is 0 Å². The molecule has 0 saturated heterocycles. The first-order valence-corrected chi connectivity index (χ1v) is 11.7. The highest BCUT2D eigenvalue weighted by Gasteiger charge is 2.44. The number of ether oxygens (including phenoxy) is 2. The van der Waals surface area contributed by atoms with Gasteiger partial charge in [0, 0.05) is 31.1 Å². The van der Waals surface area contributed by atoms with E-state index in [4.69, 9.17) is 27.9 Å². The molecule has 1 amide bonds. The maximum atomic E-state index is 13.3. The predicted octanol–water partition coefficient (Wildman–Crippen LogP) is 7.17. The number of pyridine rings is 1. The number of hydrogen-bond acceptors (Lipinski definition) is 7. The van der Waals surface area contributed by atoms with Gasteiger partial charge in [0.2, 0.25) is 11.8 Å². The smallest absolute Gasteiger partial charge is 0.437 e. The summed E-state index contributed by atoms with van der Waals surface area (Å²) in [5.74, 6) is -0.829. The summed E-state index contributed by atoms with van der Waals surface area (Å²) in [5.41, 5.74) is 0.922. The monoisotopic (exact) mass is 581 g/mol. The number of alkyl halides is 4. The average molecular weight is 582 g/mol. The SMILES string of the molecule is CNc1nccc(-c2cccnc2Oc2cc(NC(=O)c3cccc(OC(F)(F)C(F)F)c3)c(Cl)cc2Cl)n1. The minimum Gasteiger partial charge on any atom is -0.437 e. The number of aromatic nitrogens is 3. The summed E-state index contributed by atoms with van der Waals surface area (Å²) in [7, 11) is 1.67. The van der Waals surface area contributed by atoms with Crippen molar-refractivity contribution in [1.29, 1.82) is 0 Å². The second-order valence-corrected chi connectivity index (χ2v) is 8.50. The Kier molecular flexibility index (Phi) is 8.36. The zero-order valence-corrected chi connectivity index (χ0v) is 21.3. The highest BCUT2D eigenvalue weighted by Crippen LogP contribution is 2.39. The fourth-order valence-corrected chi connectivity index (χ4v) is 3.67. The molecule has 0 unspecified atom stereocenters. The highest BCUT2D eigenvalue weighted by atomic mass is 35.5. The topological polar surface area (TPSA) is 98.3 Å². The van der Waals surface area contributed by atoms with E-state index in [2.05, 4.69) is 30.3 Å². The summed E-state index contributed by atoms with van der Waals surface area (Å²) in [6.45, 7) is 0. The Hall–Kier alpha value is -4.16. The van der Waals surface area contributed by atoms with Gasteiger partial charge < -0.3 is 20.1 Å². The van der Waals surface area contributed by atoms with Crippen LogP contribution in [0.25, 0.3) is 11.3 Å². The first kappa shape index (κ1) is 27.9. The maximum Gasteiger partial charge on any atom is 0.461 e. The van der Waals surface area contributed by atoms with Crippen molar-refractivity contribution >= 4 is 40.7 Å². The lowest BCUT2D eigenvalue weighted by molar-refractivity contribution is -0.253. The first-order chi connectivity index (χ1) is 18.6. The van der Waals surface area contributed by atoms with E-state index in [1.807, 2.05) is 0 Å². The lowest BCUT2D eigenvalue weighted by atomic mass is 10.2. The molecule has 2 aromatic carbocycles. The minimum absolute atomic E-state index is 0.0352. The van der Waals surface area contributed by atoms with Gasteiger partial charge in [-0.15, -0.1) is 0 Å². The van der Waals surface area contributed by atoms with Crippen molar-refractivity contribution in [2.75, 3.05) is 17.7 Å². The van der Waals surface area contributed by atoms with Crippen LogP contribution in [0.1, 0.15) is 10.4 Å². The number of hydrogen-bond donors (Lipinski definition) is 2. The van der Waals surface area contributed by atoms with Gasteiger partial charge in [0.05, 0.1) is 27.0 Å². The number of carbonyl (C=O) groups is 1. The molecule has 0 radical (unpaired) electrons. The van der Waals surface area contributed by atoms with Gasteiger partial charge in [0.25, 0.3) is 5.91 Å². The van der Waals surface area contributed by atoms with Crippen molar-refractivity contribution in [3.63, 3.8) is 0 Å².